The predicted molar refractivity (Wildman–Crippen MR) is 96.3 cm³/mol. The SMILES string of the molecule is CC(C)NCCCCCNC(=O)[C@@H](Cc1ccccn1)C(C)C. The van der Waals surface area contributed by atoms with Crippen molar-refractivity contribution in [3.63, 3.8) is 0 Å². The van der Waals surface area contributed by atoms with Crippen molar-refractivity contribution in [2.45, 2.75) is 59.4 Å². The number of aromatic nitrogens is 1. The first-order valence-electron chi connectivity index (χ1n) is 8.91. The van der Waals surface area contributed by atoms with E-state index in [2.05, 4.69) is 43.3 Å². The van der Waals surface area contributed by atoms with Gasteiger partial charge in [-0.15, -0.1) is 0 Å². The summed E-state index contributed by atoms with van der Waals surface area (Å²) >= 11 is 0. The molecule has 0 fully saturated rings. The molecule has 130 valence electrons. The van der Waals surface area contributed by atoms with E-state index in [1.807, 2.05) is 18.2 Å². The summed E-state index contributed by atoms with van der Waals surface area (Å²) in [6.07, 6.45) is 5.85. The fourth-order valence-electron chi connectivity index (χ4n) is 2.54. The number of carbonyl (C=O) groups excluding carboxylic acids is 1. The van der Waals surface area contributed by atoms with Crippen molar-refractivity contribution in [1.29, 1.82) is 0 Å². The van der Waals surface area contributed by atoms with Crippen LogP contribution >= 0.6 is 0 Å². The Labute approximate surface area is 141 Å². The Morgan fingerprint density at radius 2 is 1.83 bits per heavy atom. The molecule has 4 heteroatoms. The number of unbranched alkanes of at least 4 members (excludes halogenated alkanes) is 2. The summed E-state index contributed by atoms with van der Waals surface area (Å²) in [6, 6.07) is 6.42. The third-order valence-corrected chi connectivity index (χ3v) is 4.00. The summed E-state index contributed by atoms with van der Waals surface area (Å²) in [5.41, 5.74) is 0.987. The van der Waals surface area contributed by atoms with Crippen molar-refractivity contribution in [2.24, 2.45) is 11.8 Å². The van der Waals surface area contributed by atoms with Crippen LogP contribution in [0.15, 0.2) is 24.4 Å². The maximum absolute atomic E-state index is 12.4. The molecule has 1 rings (SSSR count). The minimum Gasteiger partial charge on any atom is -0.356 e. The number of amides is 1. The van der Waals surface area contributed by atoms with Crippen LogP contribution in [0.3, 0.4) is 0 Å². The molecule has 4 nitrogen and oxygen atoms in total. The van der Waals surface area contributed by atoms with Crippen molar-refractivity contribution >= 4 is 5.91 Å². The molecular formula is C19H33N3O. The van der Waals surface area contributed by atoms with Crippen LogP contribution in [0.2, 0.25) is 0 Å². The molecule has 23 heavy (non-hydrogen) atoms. The number of pyridine rings is 1. The van der Waals surface area contributed by atoms with Crippen LogP contribution in [0, 0.1) is 11.8 Å². The first kappa shape index (κ1) is 19.6. The lowest BCUT2D eigenvalue weighted by molar-refractivity contribution is -0.126. The molecule has 0 aromatic carbocycles. The maximum Gasteiger partial charge on any atom is 0.223 e. The van der Waals surface area contributed by atoms with Gasteiger partial charge in [0.1, 0.15) is 0 Å². The van der Waals surface area contributed by atoms with Crippen LogP contribution in [-0.4, -0.2) is 30.0 Å². The second-order valence-corrected chi connectivity index (χ2v) is 6.84. The number of rotatable bonds is 11. The highest BCUT2D eigenvalue weighted by Crippen LogP contribution is 2.16. The van der Waals surface area contributed by atoms with E-state index in [0.717, 1.165) is 38.0 Å². The molecule has 1 aromatic rings. The Morgan fingerprint density at radius 1 is 1.09 bits per heavy atom. The van der Waals surface area contributed by atoms with Gasteiger partial charge in [0.25, 0.3) is 0 Å². The van der Waals surface area contributed by atoms with Crippen LogP contribution in [0.5, 0.6) is 0 Å². The molecule has 0 radical (unpaired) electrons. The maximum atomic E-state index is 12.4. The van der Waals surface area contributed by atoms with E-state index in [-0.39, 0.29) is 11.8 Å². The number of hydrogen-bond donors (Lipinski definition) is 2. The Bertz CT molecular complexity index is 432. The van der Waals surface area contributed by atoms with Gasteiger partial charge in [0, 0.05) is 36.8 Å². The second kappa shape index (κ2) is 11.2. The molecule has 0 saturated heterocycles. The van der Waals surface area contributed by atoms with Gasteiger partial charge in [0.05, 0.1) is 0 Å². The minimum atomic E-state index is -0.00694. The Kier molecular flexibility index (Phi) is 9.53. The zero-order valence-corrected chi connectivity index (χ0v) is 15.1. The fourth-order valence-corrected chi connectivity index (χ4v) is 2.54. The summed E-state index contributed by atoms with van der Waals surface area (Å²) in [5.74, 6) is 0.464. The number of nitrogens with zero attached hydrogens (tertiary/aromatic N) is 1. The van der Waals surface area contributed by atoms with Gasteiger partial charge in [-0.2, -0.15) is 0 Å². The van der Waals surface area contributed by atoms with Crippen molar-refractivity contribution in [3.8, 4) is 0 Å². The van der Waals surface area contributed by atoms with Crippen LogP contribution in [0.25, 0.3) is 0 Å². The highest BCUT2D eigenvalue weighted by molar-refractivity contribution is 5.79. The molecule has 0 bridgehead atoms. The normalized spacial score (nSPS) is 12.6. The third-order valence-electron chi connectivity index (χ3n) is 4.00. The molecule has 1 heterocycles. The standard InChI is InChI=1S/C19H33N3O/c1-15(2)18(14-17-10-6-9-12-21-17)19(23)22-13-8-5-7-11-20-16(3)4/h6,9-10,12,15-16,18,20H,5,7-8,11,13-14H2,1-4H3,(H,22,23)/t18-/m0/s1. The highest BCUT2D eigenvalue weighted by Gasteiger charge is 2.22. The smallest absolute Gasteiger partial charge is 0.223 e. The van der Waals surface area contributed by atoms with E-state index >= 15 is 0 Å². The largest absolute Gasteiger partial charge is 0.356 e. The zero-order chi connectivity index (χ0) is 17.1. The van der Waals surface area contributed by atoms with Crippen molar-refractivity contribution < 1.29 is 4.79 Å². The van der Waals surface area contributed by atoms with Gasteiger partial charge in [-0.25, -0.2) is 0 Å². The Balaban J connectivity index is 2.27. The van der Waals surface area contributed by atoms with E-state index in [1.54, 1.807) is 6.20 Å². The molecule has 0 unspecified atom stereocenters. The van der Waals surface area contributed by atoms with Gasteiger partial charge >= 0.3 is 0 Å². The lowest BCUT2D eigenvalue weighted by atomic mass is 9.90. The van der Waals surface area contributed by atoms with Gasteiger partial charge in [-0.3, -0.25) is 9.78 Å². The molecule has 0 aliphatic heterocycles. The lowest BCUT2D eigenvalue weighted by Gasteiger charge is -2.20. The lowest BCUT2D eigenvalue weighted by Crippen LogP contribution is -2.35. The van der Waals surface area contributed by atoms with E-state index in [1.165, 1.54) is 0 Å². The summed E-state index contributed by atoms with van der Waals surface area (Å²) in [4.78, 5) is 16.8. The zero-order valence-electron chi connectivity index (χ0n) is 15.1. The topological polar surface area (TPSA) is 54.0 Å². The van der Waals surface area contributed by atoms with Crippen LogP contribution in [-0.2, 0) is 11.2 Å². The average molecular weight is 319 g/mol. The second-order valence-electron chi connectivity index (χ2n) is 6.84. The summed E-state index contributed by atoms with van der Waals surface area (Å²) in [5, 5.41) is 6.51. The molecule has 0 aliphatic rings. The predicted octanol–water partition coefficient (Wildman–Crippen LogP) is 3.18. The first-order valence-corrected chi connectivity index (χ1v) is 8.91. The molecule has 0 spiro atoms. The molecular weight excluding hydrogens is 286 g/mol. The van der Waals surface area contributed by atoms with Crippen LogP contribution in [0.4, 0.5) is 0 Å². The molecule has 1 aromatic heterocycles. The van der Waals surface area contributed by atoms with Crippen molar-refractivity contribution in [1.82, 2.24) is 15.6 Å². The first-order chi connectivity index (χ1) is 11.0. The van der Waals surface area contributed by atoms with Gasteiger partial charge in [-0.05, 0) is 37.4 Å². The van der Waals surface area contributed by atoms with Gasteiger partial charge < -0.3 is 10.6 Å². The van der Waals surface area contributed by atoms with Crippen LogP contribution in [0.1, 0.15) is 52.7 Å². The average Bonchev–Trinajstić information content (AvgIpc) is 2.52. The van der Waals surface area contributed by atoms with Gasteiger partial charge in [-0.1, -0.05) is 40.2 Å². The summed E-state index contributed by atoms with van der Waals surface area (Å²) in [6.45, 7) is 10.4. The van der Waals surface area contributed by atoms with Crippen LogP contribution < -0.4 is 10.6 Å². The summed E-state index contributed by atoms with van der Waals surface area (Å²) in [7, 11) is 0. The van der Waals surface area contributed by atoms with Gasteiger partial charge in [0.2, 0.25) is 5.91 Å². The van der Waals surface area contributed by atoms with E-state index in [0.29, 0.717) is 18.4 Å². The van der Waals surface area contributed by atoms with E-state index in [9.17, 15) is 4.79 Å². The van der Waals surface area contributed by atoms with E-state index < -0.39 is 0 Å². The molecule has 1 amide bonds. The Morgan fingerprint density at radius 3 is 2.43 bits per heavy atom. The minimum absolute atomic E-state index is 0.00694. The molecule has 0 aliphatic carbocycles. The fraction of sp³-hybridized carbons (Fsp3) is 0.684. The van der Waals surface area contributed by atoms with Gasteiger partial charge in [0.15, 0.2) is 0 Å². The number of nitrogens with one attached hydrogen (secondary N) is 2. The number of carbonyl (C=O) groups is 1. The summed E-state index contributed by atoms with van der Waals surface area (Å²) < 4.78 is 0. The molecule has 2 N–H and O–H groups in total. The third kappa shape index (κ3) is 8.70. The Hall–Kier alpha value is -1.42. The highest BCUT2D eigenvalue weighted by atomic mass is 16.1. The molecule has 1 atom stereocenters. The molecule has 0 saturated carbocycles. The van der Waals surface area contributed by atoms with Crippen molar-refractivity contribution in [3.05, 3.63) is 30.1 Å². The van der Waals surface area contributed by atoms with Crippen molar-refractivity contribution in [2.75, 3.05) is 13.1 Å². The monoisotopic (exact) mass is 319 g/mol. The van der Waals surface area contributed by atoms with E-state index in [4.69, 9.17) is 0 Å². The quantitative estimate of drug-likeness (QED) is 0.616. The number of hydrogen-bond acceptors (Lipinski definition) is 3.